The van der Waals surface area contributed by atoms with Crippen LogP contribution in [-0.4, -0.2) is 54.2 Å². The van der Waals surface area contributed by atoms with Crippen LogP contribution in [0.15, 0.2) is 109 Å². The van der Waals surface area contributed by atoms with Crippen LogP contribution >= 0.6 is 0 Å². The molecule has 1 aromatic heterocycles. The van der Waals surface area contributed by atoms with Crippen LogP contribution in [0, 0.1) is 13.8 Å². The van der Waals surface area contributed by atoms with E-state index < -0.39 is 6.09 Å². The summed E-state index contributed by atoms with van der Waals surface area (Å²) in [6.45, 7) is 8.08. The van der Waals surface area contributed by atoms with Crippen molar-refractivity contribution in [3.05, 3.63) is 120 Å². The highest BCUT2D eigenvalue weighted by Gasteiger charge is 2.24. The highest BCUT2D eigenvalue weighted by atomic mass is 16.6. The lowest BCUT2D eigenvalue weighted by molar-refractivity contribution is 0.209. The van der Waals surface area contributed by atoms with Gasteiger partial charge < -0.3 is 19.9 Å². The summed E-state index contributed by atoms with van der Waals surface area (Å²) in [5.41, 5.74) is 6.58. The predicted molar refractivity (Wildman–Crippen MR) is 182 cm³/mol. The second kappa shape index (κ2) is 13.6. The molecule has 0 aliphatic carbocycles. The van der Waals surface area contributed by atoms with Crippen molar-refractivity contribution in [2.75, 3.05) is 48.3 Å². The monoisotopic (exact) mass is 598 g/mol. The second-order valence-corrected chi connectivity index (χ2v) is 11.4. The van der Waals surface area contributed by atoms with Crippen LogP contribution < -0.4 is 19.9 Å². The van der Waals surface area contributed by atoms with E-state index >= 15 is 0 Å². The van der Waals surface area contributed by atoms with Crippen molar-refractivity contribution in [2.24, 2.45) is 0 Å². The third-order valence-electron chi connectivity index (χ3n) is 8.09. The van der Waals surface area contributed by atoms with Gasteiger partial charge >= 0.3 is 6.09 Å². The van der Waals surface area contributed by atoms with E-state index in [9.17, 15) is 4.79 Å². The van der Waals surface area contributed by atoms with Crippen LogP contribution in [0.3, 0.4) is 0 Å². The van der Waals surface area contributed by atoms with Gasteiger partial charge in [-0.25, -0.2) is 14.7 Å². The number of ether oxygens (including phenoxy) is 1. The molecule has 1 aliphatic heterocycles. The first-order valence-corrected chi connectivity index (χ1v) is 15.3. The van der Waals surface area contributed by atoms with Crippen LogP contribution in [0.4, 0.5) is 33.6 Å². The lowest BCUT2D eigenvalue weighted by atomic mass is 10.1. The average molecular weight is 599 g/mol. The molecule has 0 saturated carbocycles. The van der Waals surface area contributed by atoms with E-state index in [2.05, 4.69) is 51.4 Å². The average Bonchev–Trinajstić information content (AvgIpc) is 3.28. The number of carbonyl (C=O) groups excluding carboxylic acids is 1. The van der Waals surface area contributed by atoms with Gasteiger partial charge in [0.25, 0.3) is 0 Å². The smallest absolute Gasteiger partial charge is 0.409 e. The Morgan fingerprint density at radius 1 is 0.778 bits per heavy atom. The van der Waals surface area contributed by atoms with Crippen LogP contribution in [0.1, 0.15) is 17.5 Å². The fraction of sp³-hybridized carbons (Fsp3) is 0.216. The zero-order valence-corrected chi connectivity index (χ0v) is 26.0. The van der Waals surface area contributed by atoms with E-state index in [1.807, 2.05) is 86.6 Å². The Labute approximate surface area is 264 Å². The SMILES string of the molecule is Cc1cccc(C)c1OC(=O)N(c1ccc(-c2ccccc2)cc1)c1ccnc(Nc2ccc(N3CCCN(C)CC3)cc2)n1. The maximum atomic E-state index is 13.9. The van der Waals surface area contributed by atoms with Gasteiger partial charge in [0.1, 0.15) is 11.6 Å². The molecule has 1 fully saturated rings. The molecule has 1 amide bonds. The molecule has 4 aromatic carbocycles. The molecule has 8 heteroatoms. The first-order valence-electron chi connectivity index (χ1n) is 15.3. The molecule has 45 heavy (non-hydrogen) atoms. The van der Waals surface area contributed by atoms with Crippen LogP contribution in [-0.2, 0) is 0 Å². The Hall–Kier alpha value is -5.21. The van der Waals surface area contributed by atoms with Gasteiger partial charge in [-0.3, -0.25) is 0 Å². The van der Waals surface area contributed by atoms with Crippen molar-refractivity contribution >= 4 is 34.9 Å². The van der Waals surface area contributed by atoms with Crippen molar-refractivity contribution < 1.29 is 9.53 Å². The number of carbonyl (C=O) groups is 1. The highest BCUT2D eigenvalue weighted by molar-refractivity contribution is 5.96. The molecule has 0 bridgehead atoms. The molecule has 228 valence electrons. The van der Waals surface area contributed by atoms with Crippen molar-refractivity contribution in [1.82, 2.24) is 14.9 Å². The Balaban J connectivity index is 1.27. The number of nitrogens with zero attached hydrogens (tertiary/aromatic N) is 5. The maximum Gasteiger partial charge on any atom is 0.425 e. The van der Waals surface area contributed by atoms with E-state index in [-0.39, 0.29) is 0 Å². The number of hydrogen-bond donors (Lipinski definition) is 1. The Kier molecular flexibility index (Phi) is 9.03. The minimum atomic E-state index is -0.558. The second-order valence-electron chi connectivity index (χ2n) is 11.4. The zero-order chi connectivity index (χ0) is 31.2. The maximum absolute atomic E-state index is 13.9. The first-order chi connectivity index (χ1) is 21.9. The first kappa shape index (κ1) is 29.8. The third kappa shape index (κ3) is 7.13. The summed E-state index contributed by atoms with van der Waals surface area (Å²) in [5, 5.41) is 3.31. The Bertz CT molecular complexity index is 1720. The Morgan fingerprint density at radius 2 is 1.49 bits per heavy atom. The standard InChI is InChI=1S/C37H38N6O2/c1-27-9-7-10-28(2)35(27)45-37(44)43(33-17-13-30(14-18-33)29-11-5-4-6-12-29)34-21-22-38-36(40-34)39-31-15-19-32(20-16-31)42-24-8-23-41(3)25-26-42/h4-7,9-22H,8,23-26H2,1-3H3,(H,38,39,40). The number of rotatable bonds is 7. The number of benzene rings is 4. The summed E-state index contributed by atoms with van der Waals surface area (Å²) in [4.78, 5) is 29.4. The van der Waals surface area contributed by atoms with E-state index in [1.165, 1.54) is 10.6 Å². The third-order valence-corrected chi connectivity index (χ3v) is 8.09. The molecule has 1 saturated heterocycles. The quantitative estimate of drug-likeness (QED) is 0.204. The molecule has 0 atom stereocenters. The summed E-state index contributed by atoms with van der Waals surface area (Å²) in [7, 11) is 2.18. The van der Waals surface area contributed by atoms with Crippen molar-refractivity contribution in [3.8, 4) is 16.9 Å². The highest BCUT2D eigenvalue weighted by Crippen LogP contribution is 2.31. The van der Waals surface area contributed by atoms with Gasteiger partial charge in [0, 0.05) is 43.3 Å². The fourth-order valence-corrected chi connectivity index (χ4v) is 5.58. The van der Waals surface area contributed by atoms with Gasteiger partial charge in [-0.05, 0) is 92.5 Å². The van der Waals surface area contributed by atoms with E-state index in [4.69, 9.17) is 9.72 Å². The summed E-state index contributed by atoms with van der Waals surface area (Å²) < 4.78 is 6.00. The Morgan fingerprint density at radius 3 is 2.22 bits per heavy atom. The van der Waals surface area contributed by atoms with Gasteiger partial charge in [-0.15, -0.1) is 0 Å². The molecule has 6 rings (SSSR count). The normalized spacial score (nSPS) is 13.6. The molecule has 8 nitrogen and oxygen atoms in total. The molecule has 2 heterocycles. The largest absolute Gasteiger partial charge is 0.425 e. The predicted octanol–water partition coefficient (Wildman–Crippen LogP) is 7.98. The number of hydrogen-bond acceptors (Lipinski definition) is 7. The number of amides is 1. The van der Waals surface area contributed by atoms with Crippen LogP contribution in [0.5, 0.6) is 5.75 Å². The number of para-hydroxylation sites is 1. The molecule has 5 aromatic rings. The lowest BCUT2D eigenvalue weighted by Gasteiger charge is -2.23. The van der Waals surface area contributed by atoms with Gasteiger partial charge in [0.2, 0.25) is 5.95 Å². The van der Waals surface area contributed by atoms with Gasteiger partial charge in [-0.2, -0.15) is 4.98 Å². The minimum Gasteiger partial charge on any atom is -0.409 e. The molecule has 1 aliphatic rings. The number of aromatic nitrogens is 2. The van der Waals surface area contributed by atoms with Gasteiger partial charge in [0.15, 0.2) is 0 Å². The van der Waals surface area contributed by atoms with Crippen LogP contribution in [0.25, 0.3) is 11.1 Å². The summed E-state index contributed by atoms with van der Waals surface area (Å²) in [6.07, 6.45) is 2.23. The van der Waals surface area contributed by atoms with Gasteiger partial charge in [-0.1, -0.05) is 60.7 Å². The summed E-state index contributed by atoms with van der Waals surface area (Å²) >= 11 is 0. The minimum absolute atomic E-state index is 0.377. The summed E-state index contributed by atoms with van der Waals surface area (Å²) in [5.74, 6) is 1.31. The molecule has 0 spiro atoms. The van der Waals surface area contributed by atoms with E-state index in [0.717, 1.165) is 60.5 Å². The van der Waals surface area contributed by atoms with E-state index in [1.54, 1.807) is 12.3 Å². The summed E-state index contributed by atoms with van der Waals surface area (Å²) in [6, 6.07) is 33.8. The topological polar surface area (TPSA) is 73.8 Å². The lowest BCUT2D eigenvalue weighted by Crippen LogP contribution is -2.30. The molecule has 0 unspecified atom stereocenters. The zero-order valence-electron chi connectivity index (χ0n) is 26.0. The number of likely N-dealkylation sites (N-methyl/N-ethyl adjacent to an activating group) is 1. The van der Waals surface area contributed by atoms with Crippen molar-refractivity contribution in [1.29, 1.82) is 0 Å². The van der Waals surface area contributed by atoms with Crippen molar-refractivity contribution in [2.45, 2.75) is 20.3 Å². The number of anilines is 5. The molecule has 0 radical (unpaired) electrons. The van der Waals surface area contributed by atoms with Crippen molar-refractivity contribution in [3.63, 3.8) is 0 Å². The fourth-order valence-electron chi connectivity index (χ4n) is 5.58. The van der Waals surface area contributed by atoms with Crippen LogP contribution in [0.2, 0.25) is 0 Å². The van der Waals surface area contributed by atoms with E-state index in [0.29, 0.717) is 23.2 Å². The van der Waals surface area contributed by atoms with Gasteiger partial charge in [0.05, 0.1) is 5.69 Å². The molecular formula is C37H38N6O2. The number of aryl methyl sites for hydroxylation is 2. The molecule has 1 N–H and O–H groups in total. The molecular weight excluding hydrogens is 560 g/mol. The number of nitrogens with one attached hydrogen (secondary N) is 1.